The number of aromatic nitrogens is 1. The van der Waals surface area contributed by atoms with E-state index >= 15 is 0 Å². The van der Waals surface area contributed by atoms with E-state index in [1.807, 2.05) is 19.1 Å². The van der Waals surface area contributed by atoms with Gasteiger partial charge in [0.2, 0.25) is 5.91 Å². The molecule has 21 heavy (non-hydrogen) atoms. The molecule has 0 spiro atoms. The third-order valence-corrected chi connectivity index (χ3v) is 3.48. The van der Waals surface area contributed by atoms with E-state index in [2.05, 4.69) is 15.6 Å². The van der Waals surface area contributed by atoms with Crippen LogP contribution in [0.15, 0.2) is 12.1 Å². The number of pyridine rings is 1. The van der Waals surface area contributed by atoms with E-state index in [-0.39, 0.29) is 12.0 Å². The molecular formula is C15H24N4O2. The molecule has 6 heteroatoms. The number of rotatable bonds is 7. The second kappa shape index (κ2) is 7.83. The highest BCUT2D eigenvalue weighted by Crippen LogP contribution is 2.15. The largest absolute Gasteiger partial charge is 0.396 e. The molecule has 1 amide bonds. The Labute approximate surface area is 125 Å². The molecule has 1 aromatic rings. The molecule has 6 nitrogen and oxygen atoms in total. The lowest BCUT2D eigenvalue weighted by Gasteiger charge is -2.11. The molecule has 1 atom stereocenters. The van der Waals surface area contributed by atoms with Crippen molar-refractivity contribution < 1.29 is 9.53 Å². The van der Waals surface area contributed by atoms with E-state index in [4.69, 9.17) is 10.5 Å². The second-order valence-electron chi connectivity index (χ2n) is 5.32. The Morgan fingerprint density at radius 3 is 3.00 bits per heavy atom. The summed E-state index contributed by atoms with van der Waals surface area (Å²) >= 11 is 0. The molecular weight excluding hydrogens is 268 g/mol. The van der Waals surface area contributed by atoms with Gasteiger partial charge in [-0.3, -0.25) is 4.79 Å². The van der Waals surface area contributed by atoms with Crippen LogP contribution in [0.4, 0.5) is 11.5 Å². The Balaban J connectivity index is 1.57. The van der Waals surface area contributed by atoms with E-state index < -0.39 is 0 Å². The minimum Gasteiger partial charge on any atom is -0.396 e. The van der Waals surface area contributed by atoms with Crippen LogP contribution in [0.2, 0.25) is 0 Å². The number of nitrogens with zero attached hydrogens (tertiary/aromatic N) is 1. The maximum atomic E-state index is 11.7. The van der Waals surface area contributed by atoms with Crippen molar-refractivity contribution in [3.8, 4) is 0 Å². The molecule has 0 saturated carbocycles. The first-order valence-electron chi connectivity index (χ1n) is 7.53. The molecule has 2 rings (SSSR count). The molecule has 1 saturated heterocycles. The Morgan fingerprint density at radius 1 is 1.43 bits per heavy atom. The van der Waals surface area contributed by atoms with E-state index in [9.17, 15) is 4.79 Å². The number of carbonyl (C=O) groups excluding carboxylic acids is 1. The van der Waals surface area contributed by atoms with Gasteiger partial charge in [-0.25, -0.2) is 4.98 Å². The summed E-state index contributed by atoms with van der Waals surface area (Å²) in [6, 6.07) is 3.74. The first kappa shape index (κ1) is 15.6. The van der Waals surface area contributed by atoms with Crippen LogP contribution in [-0.2, 0) is 9.53 Å². The number of anilines is 2. The zero-order chi connectivity index (χ0) is 15.1. The number of aryl methyl sites for hydroxylation is 1. The fraction of sp³-hybridized carbons (Fsp3) is 0.600. The monoisotopic (exact) mass is 292 g/mol. The summed E-state index contributed by atoms with van der Waals surface area (Å²) in [5.41, 5.74) is 7.44. The number of nitrogens with two attached hydrogens (primary N) is 1. The SMILES string of the molecule is Cc1ccc(N)c(NCCCCNC(=O)C2CCCO2)n1. The Kier molecular flexibility index (Phi) is 5.80. The highest BCUT2D eigenvalue weighted by atomic mass is 16.5. The van der Waals surface area contributed by atoms with Gasteiger partial charge in [-0.1, -0.05) is 0 Å². The zero-order valence-corrected chi connectivity index (χ0v) is 12.5. The van der Waals surface area contributed by atoms with Gasteiger partial charge in [0.1, 0.15) is 11.9 Å². The van der Waals surface area contributed by atoms with Gasteiger partial charge < -0.3 is 21.1 Å². The highest BCUT2D eigenvalue weighted by molar-refractivity contribution is 5.80. The van der Waals surface area contributed by atoms with Gasteiger partial charge >= 0.3 is 0 Å². The normalized spacial score (nSPS) is 17.7. The molecule has 0 aliphatic carbocycles. The summed E-state index contributed by atoms with van der Waals surface area (Å²) in [4.78, 5) is 16.1. The van der Waals surface area contributed by atoms with Crippen LogP contribution >= 0.6 is 0 Å². The van der Waals surface area contributed by atoms with Crippen LogP contribution in [0.3, 0.4) is 0 Å². The fourth-order valence-electron chi connectivity index (χ4n) is 2.28. The van der Waals surface area contributed by atoms with Gasteiger partial charge in [0, 0.05) is 25.4 Å². The van der Waals surface area contributed by atoms with Gasteiger partial charge in [0.25, 0.3) is 0 Å². The quantitative estimate of drug-likeness (QED) is 0.662. The van der Waals surface area contributed by atoms with E-state index in [1.165, 1.54) is 0 Å². The summed E-state index contributed by atoms with van der Waals surface area (Å²) in [5, 5.41) is 6.14. The lowest BCUT2D eigenvalue weighted by Crippen LogP contribution is -2.34. The standard InChI is InChI=1S/C15H24N4O2/c1-11-6-7-12(16)14(19-11)17-8-2-3-9-18-15(20)13-5-4-10-21-13/h6-7,13H,2-5,8-10,16H2,1H3,(H,17,19)(H,18,20). The summed E-state index contributed by atoms with van der Waals surface area (Å²) < 4.78 is 5.33. The van der Waals surface area contributed by atoms with Crippen LogP contribution in [0.1, 0.15) is 31.4 Å². The molecule has 4 N–H and O–H groups in total. The molecule has 1 aliphatic rings. The summed E-state index contributed by atoms with van der Waals surface area (Å²) in [7, 11) is 0. The average molecular weight is 292 g/mol. The summed E-state index contributed by atoms with van der Waals surface area (Å²) in [5.74, 6) is 0.753. The number of hydrogen-bond acceptors (Lipinski definition) is 5. The van der Waals surface area contributed by atoms with Crippen LogP contribution in [-0.4, -0.2) is 36.7 Å². The number of nitrogens with one attached hydrogen (secondary N) is 2. The molecule has 0 aromatic carbocycles. The maximum Gasteiger partial charge on any atom is 0.249 e. The Bertz CT molecular complexity index is 473. The van der Waals surface area contributed by atoms with Crippen LogP contribution < -0.4 is 16.4 Å². The Morgan fingerprint density at radius 2 is 2.24 bits per heavy atom. The van der Waals surface area contributed by atoms with Crippen molar-refractivity contribution in [1.82, 2.24) is 10.3 Å². The second-order valence-corrected chi connectivity index (χ2v) is 5.32. The number of ether oxygens (including phenoxy) is 1. The summed E-state index contributed by atoms with van der Waals surface area (Å²) in [6.07, 6.45) is 3.44. The molecule has 0 radical (unpaired) electrons. The van der Waals surface area contributed by atoms with Crippen molar-refractivity contribution in [1.29, 1.82) is 0 Å². The number of amides is 1. The number of nitrogen functional groups attached to an aromatic ring is 1. The van der Waals surface area contributed by atoms with Crippen molar-refractivity contribution in [2.45, 2.75) is 38.7 Å². The van der Waals surface area contributed by atoms with Crippen molar-refractivity contribution in [3.05, 3.63) is 17.8 Å². The Hall–Kier alpha value is -1.82. The number of unbranched alkanes of at least 4 members (excludes halogenated alkanes) is 1. The lowest BCUT2D eigenvalue weighted by molar-refractivity contribution is -0.130. The minimum atomic E-state index is -0.237. The predicted octanol–water partition coefficient (Wildman–Crippen LogP) is 1.46. The smallest absolute Gasteiger partial charge is 0.249 e. The first-order chi connectivity index (χ1) is 10.2. The van der Waals surface area contributed by atoms with Gasteiger partial charge in [-0.15, -0.1) is 0 Å². The number of carbonyl (C=O) groups is 1. The van der Waals surface area contributed by atoms with Gasteiger partial charge in [-0.05, 0) is 44.7 Å². The maximum absolute atomic E-state index is 11.7. The van der Waals surface area contributed by atoms with Crippen molar-refractivity contribution in [3.63, 3.8) is 0 Å². The predicted molar refractivity (Wildman–Crippen MR) is 83.1 cm³/mol. The van der Waals surface area contributed by atoms with Gasteiger partial charge in [0.05, 0.1) is 5.69 Å². The molecule has 1 unspecified atom stereocenters. The molecule has 2 heterocycles. The van der Waals surface area contributed by atoms with Crippen LogP contribution in [0.5, 0.6) is 0 Å². The molecule has 1 fully saturated rings. The third kappa shape index (κ3) is 4.90. The summed E-state index contributed by atoms with van der Waals surface area (Å²) in [6.45, 7) is 4.10. The molecule has 1 aliphatic heterocycles. The van der Waals surface area contributed by atoms with Crippen LogP contribution in [0, 0.1) is 6.92 Å². The van der Waals surface area contributed by atoms with Crippen molar-refractivity contribution >= 4 is 17.4 Å². The first-order valence-corrected chi connectivity index (χ1v) is 7.53. The van der Waals surface area contributed by atoms with Crippen molar-refractivity contribution in [2.75, 3.05) is 30.7 Å². The van der Waals surface area contributed by atoms with E-state index in [0.29, 0.717) is 18.8 Å². The fourth-order valence-corrected chi connectivity index (χ4v) is 2.28. The molecule has 0 bridgehead atoms. The molecule has 1 aromatic heterocycles. The average Bonchev–Trinajstić information content (AvgIpc) is 3.00. The van der Waals surface area contributed by atoms with E-state index in [0.717, 1.165) is 43.7 Å². The highest BCUT2D eigenvalue weighted by Gasteiger charge is 2.22. The van der Waals surface area contributed by atoms with Gasteiger partial charge in [0.15, 0.2) is 0 Å². The lowest BCUT2D eigenvalue weighted by atomic mass is 10.2. The number of hydrogen-bond donors (Lipinski definition) is 3. The minimum absolute atomic E-state index is 0.0186. The van der Waals surface area contributed by atoms with Crippen molar-refractivity contribution in [2.24, 2.45) is 0 Å². The third-order valence-electron chi connectivity index (χ3n) is 3.48. The van der Waals surface area contributed by atoms with Gasteiger partial charge in [-0.2, -0.15) is 0 Å². The topological polar surface area (TPSA) is 89.3 Å². The van der Waals surface area contributed by atoms with E-state index in [1.54, 1.807) is 0 Å². The zero-order valence-electron chi connectivity index (χ0n) is 12.5. The van der Waals surface area contributed by atoms with Crippen LogP contribution in [0.25, 0.3) is 0 Å². The molecule has 116 valence electrons.